The number of fused-ring (bicyclic) bond motifs is 1. The van der Waals surface area contributed by atoms with Gasteiger partial charge in [-0.15, -0.1) is 0 Å². The summed E-state index contributed by atoms with van der Waals surface area (Å²) in [4.78, 5) is 16.1. The number of aromatic nitrogens is 2. The molecule has 2 aromatic rings. The molecule has 0 radical (unpaired) electrons. The van der Waals surface area contributed by atoms with Gasteiger partial charge in [-0.25, -0.2) is 9.78 Å². The first kappa shape index (κ1) is 18.0. The highest BCUT2D eigenvalue weighted by molar-refractivity contribution is 6.65. The minimum atomic E-state index is -0.500. The Balaban J connectivity index is 2.16. The maximum absolute atomic E-state index is 11.9. The van der Waals surface area contributed by atoms with Gasteiger partial charge in [-0.05, 0) is 47.6 Å². The van der Waals surface area contributed by atoms with Crippen LogP contribution in [0.4, 0.5) is 0 Å². The van der Waals surface area contributed by atoms with Crippen molar-refractivity contribution in [3.8, 4) is 0 Å². The van der Waals surface area contributed by atoms with Crippen LogP contribution in [0.15, 0.2) is 18.5 Å². The molecule has 0 spiro atoms. The van der Waals surface area contributed by atoms with Gasteiger partial charge >= 0.3 is 13.1 Å². The second-order valence-corrected chi connectivity index (χ2v) is 7.75. The number of esters is 1. The zero-order chi connectivity index (χ0) is 18.6. The summed E-state index contributed by atoms with van der Waals surface area (Å²) in [5.74, 6) is -0.459. The molecule has 2 aromatic heterocycles. The van der Waals surface area contributed by atoms with Crippen LogP contribution in [0.2, 0.25) is 0 Å². The molecule has 0 saturated carbocycles. The monoisotopic (exact) mass is 344 g/mol. The number of rotatable bonds is 3. The van der Waals surface area contributed by atoms with E-state index in [1.165, 1.54) is 7.11 Å². The Morgan fingerprint density at radius 1 is 1.24 bits per heavy atom. The molecule has 0 aliphatic carbocycles. The van der Waals surface area contributed by atoms with Crippen molar-refractivity contribution in [2.75, 3.05) is 7.11 Å². The van der Waals surface area contributed by atoms with Crippen LogP contribution in [0, 0.1) is 0 Å². The van der Waals surface area contributed by atoms with Crippen molar-refractivity contribution in [2.45, 2.75) is 58.8 Å². The van der Waals surface area contributed by atoms with Crippen LogP contribution < -0.4 is 5.46 Å². The maximum Gasteiger partial charge on any atom is 0.497 e. The molecule has 6 nitrogen and oxygen atoms in total. The molecule has 3 heterocycles. The molecule has 25 heavy (non-hydrogen) atoms. The summed E-state index contributed by atoms with van der Waals surface area (Å²) in [6, 6.07) is 1.99. The molecule has 0 unspecified atom stereocenters. The average Bonchev–Trinajstić information content (AvgIpc) is 3.00. The van der Waals surface area contributed by atoms with Crippen molar-refractivity contribution in [3.05, 3.63) is 24.2 Å². The highest BCUT2D eigenvalue weighted by Gasteiger charge is 2.52. The average molecular weight is 344 g/mol. The minimum Gasteiger partial charge on any atom is -0.464 e. The van der Waals surface area contributed by atoms with E-state index in [0.717, 1.165) is 16.4 Å². The van der Waals surface area contributed by atoms with E-state index in [0.29, 0.717) is 0 Å². The smallest absolute Gasteiger partial charge is 0.464 e. The molecule has 7 heteroatoms. The fourth-order valence-electron chi connectivity index (χ4n) is 2.98. The standard InChI is InChI=1S/C18H25BN2O4/c1-11(2)21-10-13(19-24-17(3,4)18(5,6)25-19)12-8-14(16(22)23-7)20-9-15(12)21/h8-11H,1-7H3. The highest BCUT2D eigenvalue weighted by atomic mass is 16.7. The van der Waals surface area contributed by atoms with Gasteiger partial charge in [0.25, 0.3) is 0 Å². The summed E-state index contributed by atoms with van der Waals surface area (Å²) < 4.78 is 19.3. The van der Waals surface area contributed by atoms with Crippen LogP contribution in [0.5, 0.6) is 0 Å². The summed E-state index contributed by atoms with van der Waals surface area (Å²) in [6.45, 7) is 12.3. The van der Waals surface area contributed by atoms with Gasteiger partial charge < -0.3 is 18.6 Å². The van der Waals surface area contributed by atoms with Crippen LogP contribution in [0.1, 0.15) is 58.1 Å². The zero-order valence-electron chi connectivity index (χ0n) is 15.9. The van der Waals surface area contributed by atoms with Crippen molar-refractivity contribution in [3.63, 3.8) is 0 Å². The van der Waals surface area contributed by atoms with Gasteiger partial charge in [-0.2, -0.15) is 0 Å². The lowest BCUT2D eigenvalue weighted by molar-refractivity contribution is 0.00578. The quantitative estimate of drug-likeness (QED) is 0.633. The molecule has 0 amide bonds. The third-order valence-electron chi connectivity index (χ3n) is 5.21. The SMILES string of the molecule is COC(=O)c1cc2c(B3OC(C)(C)C(C)(C)O3)cn(C(C)C)c2cn1. The Hall–Kier alpha value is -1.86. The summed E-state index contributed by atoms with van der Waals surface area (Å²) in [7, 11) is 0.850. The van der Waals surface area contributed by atoms with E-state index in [1.54, 1.807) is 12.3 Å². The van der Waals surface area contributed by atoms with E-state index in [9.17, 15) is 4.79 Å². The fraction of sp³-hybridized carbons (Fsp3) is 0.556. The Kier molecular flexibility index (Phi) is 4.20. The van der Waals surface area contributed by atoms with Gasteiger partial charge in [-0.3, -0.25) is 0 Å². The van der Waals surface area contributed by atoms with E-state index in [2.05, 4.69) is 23.4 Å². The van der Waals surface area contributed by atoms with Crippen LogP contribution >= 0.6 is 0 Å². The first-order chi connectivity index (χ1) is 11.6. The molecule has 1 saturated heterocycles. The molecular weight excluding hydrogens is 319 g/mol. The van der Waals surface area contributed by atoms with Gasteiger partial charge in [0, 0.05) is 23.1 Å². The van der Waals surface area contributed by atoms with Crippen LogP contribution in [-0.2, 0) is 14.0 Å². The molecule has 0 N–H and O–H groups in total. The molecule has 0 bridgehead atoms. The van der Waals surface area contributed by atoms with Gasteiger partial charge in [0.2, 0.25) is 0 Å². The van der Waals surface area contributed by atoms with E-state index in [-0.39, 0.29) is 11.7 Å². The van der Waals surface area contributed by atoms with Crippen molar-refractivity contribution in [1.82, 2.24) is 9.55 Å². The van der Waals surface area contributed by atoms with E-state index in [4.69, 9.17) is 14.0 Å². The lowest BCUT2D eigenvalue weighted by Crippen LogP contribution is -2.41. The Bertz CT molecular complexity index is 810. The van der Waals surface area contributed by atoms with E-state index in [1.807, 2.05) is 33.9 Å². The summed E-state index contributed by atoms with van der Waals surface area (Å²) in [5, 5.41) is 0.891. The molecular formula is C18H25BN2O4. The first-order valence-electron chi connectivity index (χ1n) is 8.52. The molecule has 1 aliphatic rings. The normalized spacial score (nSPS) is 19.0. The number of methoxy groups -OCH3 is 1. The van der Waals surface area contributed by atoms with Crippen LogP contribution in [0.3, 0.4) is 0 Å². The lowest BCUT2D eigenvalue weighted by atomic mass is 9.79. The Labute approximate surface area is 148 Å². The molecule has 3 rings (SSSR count). The summed E-state index contributed by atoms with van der Waals surface area (Å²) in [5.41, 5.74) is 1.25. The van der Waals surface area contributed by atoms with E-state index < -0.39 is 24.3 Å². The first-order valence-corrected chi connectivity index (χ1v) is 8.52. The van der Waals surface area contributed by atoms with Crippen molar-refractivity contribution in [2.24, 2.45) is 0 Å². The number of pyridine rings is 1. The highest BCUT2D eigenvalue weighted by Crippen LogP contribution is 2.37. The van der Waals surface area contributed by atoms with Gasteiger partial charge in [0.05, 0.1) is 30.0 Å². The molecule has 134 valence electrons. The van der Waals surface area contributed by atoms with E-state index >= 15 is 0 Å². The number of nitrogens with zero attached hydrogens (tertiary/aromatic N) is 2. The number of hydrogen-bond donors (Lipinski definition) is 0. The third-order valence-corrected chi connectivity index (χ3v) is 5.21. The summed E-state index contributed by atoms with van der Waals surface area (Å²) >= 11 is 0. The van der Waals surface area contributed by atoms with Gasteiger partial charge in [-0.1, -0.05) is 0 Å². The predicted molar refractivity (Wildman–Crippen MR) is 97.2 cm³/mol. The third kappa shape index (κ3) is 2.85. The number of carbonyl (C=O) groups excluding carboxylic acids is 1. The Morgan fingerprint density at radius 2 is 1.84 bits per heavy atom. The number of hydrogen-bond acceptors (Lipinski definition) is 5. The lowest BCUT2D eigenvalue weighted by Gasteiger charge is -2.32. The topological polar surface area (TPSA) is 62.6 Å². The second kappa shape index (κ2) is 5.85. The fourth-order valence-corrected chi connectivity index (χ4v) is 2.98. The largest absolute Gasteiger partial charge is 0.497 e. The molecule has 0 aromatic carbocycles. The second-order valence-electron chi connectivity index (χ2n) is 7.75. The van der Waals surface area contributed by atoms with Crippen molar-refractivity contribution >= 4 is 29.5 Å². The van der Waals surface area contributed by atoms with Gasteiger partial charge in [0.15, 0.2) is 0 Å². The molecule has 1 aliphatic heterocycles. The maximum atomic E-state index is 11.9. The van der Waals surface area contributed by atoms with Crippen molar-refractivity contribution < 1.29 is 18.8 Å². The number of carbonyl (C=O) groups is 1. The molecule has 1 fully saturated rings. The van der Waals surface area contributed by atoms with Gasteiger partial charge in [0.1, 0.15) is 5.69 Å². The summed E-state index contributed by atoms with van der Waals surface area (Å²) in [6.07, 6.45) is 3.73. The van der Waals surface area contributed by atoms with Crippen molar-refractivity contribution in [1.29, 1.82) is 0 Å². The Morgan fingerprint density at radius 3 is 2.36 bits per heavy atom. The zero-order valence-corrected chi connectivity index (χ0v) is 15.9. The van der Waals surface area contributed by atoms with Crippen LogP contribution in [0.25, 0.3) is 10.9 Å². The predicted octanol–water partition coefficient (Wildman–Crippen LogP) is 2.70. The number of ether oxygens (including phenoxy) is 1. The minimum absolute atomic E-state index is 0.240. The van der Waals surface area contributed by atoms with Crippen LogP contribution in [-0.4, -0.2) is 41.0 Å². The molecule has 0 atom stereocenters.